The predicted molar refractivity (Wildman–Crippen MR) is 55.8 cm³/mol. The molecule has 2 heterocycles. The number of halogens is 1. The Labute approximate surface area is 91.0 Å². The molecular formula is C9H9ClN4O. The van der Waals surface area contributed by atoms with Crippen molar-refractivity contribution in [2.24, 2.45) is 7.05 Å². The highest BCUT2D eigenvalue weighted by Crippen LogP contribution is 1.98. The minimum Gasteiger partial charge on any atom is -0.337 e. The van der Waals surface area contributed by atoms with Gasteiger partial charge in [0.05, 0.1) is 6.54 Å². The predicted octanol–water partition coefficient (Wildman–Crippen LogP) is 0.678. The third-order valence-electron chi connectivity index (χ3n) is 2.10. The van der Waals surface area contributed by atoms with Gasteiger partial charge in [-0.3, -0.25) is 4.79 Å². The summed E-state index contributed by atoms with van der Waals surface area (Å²) in [5.41, 5.74) is -0.304. The van der Waals surface area contributed by atoms with Crippen LogP contribution in [0.5, 0.6) is 0 Å². The lowest BCUT2D eigenvalue weighted by Gasteiger charge is -2.04. The Bertz CT molecular complexity index is 531. The Morgan fingerprint density at radius 1 is 1.33 bits per heavy atom. The van der Waals surface area contributed by atoms with E-state index in [4.69, 9.17) is 11.6 Å². The molecule has 0 atom stereocenters. The zero-order valence-corrected chi connectivity index (χ0v) is 8.85. The number of hydrogen-bond acceptors (Lipinski definition) is 3. The van der Waals surface area contributed by atoms with Crippen molar-refractivity contribution in [3.8, 4) is 0 Å². The molecule has 5 nitrogen and oxygen atoms in total. The van der Waals surface area contributed by atoms with Gasteiger partial charge in [0.15, 0.2) is 5.15 Å². The van der Waals surface area contributed by atoms with Gasteiger partial charge in [0, 0.05) is 31.8 Å². The Kier molecular flexibility index (Phi) is 2.55. The molecule has 0 aromatic carbocycles. The van der Waals surface area contributed by atoms with Crippen LogP contribution in [0.3, 0.4) is 0 Å². The van der Waals surface area contributed by atoms with E-state index in [0.717, 1.165) is 5.82 Å². The summed E-state index contributed by atoms with van der Waals surface area (Å²) in [5.74, 6) is 0.791. The van der Waals surface area contributed by atoms with Crippen molar-refractivity contribution in [3.63, 3.8) is 0 Å². The van der Waals surface area contributed by atoms with Crippen LogP contribution in [0, 0.1) is 0 Å². The van der Waals surface area contributed by atoms with Crippen LogP contribution < -0.4 is 5.56 Å². The highest BCUT2D eigenvalue weighted by atomic mass is 35.5. The lowest BCUT2D eigenvalue weighted by molar-refractivity contribution is 0.673. The van der Waals surface area contributed by atoms with Gasteiger partial charge in [0.25, 0.3) is 5.56 Å². The van der Waals surface area contributed by atoms with Gasteiger partial charge in [0.2, 0.25) is 0 Å². The maximum atomic E-state index is 11.5. The van der Waals surface area contributed by atoms with Crippen LogP contribution in [-0.2, 0) is 13.6 Å². The second-order valence-electron chi connectivity index (χ2n) is 3.11. The lowest BCUT2D eigenvalue weighted by atomic mass is 10.5. The summed E-state index contributed by atoms with van der Waals surface area (Å²) in [4.78, 5) is 19.4. The van der Waals surface area contributed by atoms with Gasteiger partial charge in [-0.05, 0) is 0 Å². The van der Waals surface area contributed by atoms with Crippen molar-refractivity contribution in [3.05, 3.63) is 46.1 Å². The molecule has 15 heavy (non-hydrogen) atoms. The fourth-order valence-corrected chi connectivity index (χ4v) is 1.41. The summed E-state index contributed by atoms with van der Waals surface area (Å²) in [7, 11) is 1.87. The van der Waals surface area contributed by atoms with E-state index in [9.17, 15) is 4.79 Å². The summed E-state index contributed by atoms with van der Waals surface area (Å²) >= 11 is 5.62. The Hall–Kier alpha value is -1.62. The Balaban J connectivity index is 2.37. The second-order valence-corrected chi connectivity index (χ2v) is 3.46. The van der Waals surface area contributed by atoms with Crippen molar-refractivity contribution in [2.45, 2.75) is 6.54 Å². The average Bonchev–Trinajstić information content (AvgIpc) is 2.60. The quantitative estimate of drug-likeness (QED) is 0.754. The molecule has 0 aliphatic rings. The Morgan fingerprint density at radius 2 is 2.07 bits per heavy atom. The summed E-state index contributed by atoms with van der Waals surface area (Å²) < 4.78 is 3.32. The van der Waals surface area contributed by atoms with Crippen molar-refractivity contribution < 1.29 is 0 Å². The maximum Gasteiger partial charge on any atom is 0.288 e. The molecule has 0 bridgehead atoms. The largest absolute Gasteiger partial charge is 0.337 e. The van der Waals surface area contributed by atoms with Crippen LogP contribution in [0.15, 0.2) is 29.6 Å². The van der Waals surface area contributed by atoms with E-state index in [1.54, 1.807) is 12.4 Å². The molecule has 78 valence electrons. The van der Waals surface area contributed by atoms with E-state index in [1.165, 1.54) is 10.8 Å². The summed E-state index contributed by atoms with van der Waals surface area (Å²) in [5, 5.41) is -0.0216. The van der Waals surface area contributed by atoms with Crippen LogP contribution in [-0.4, -0.2) is 19.1 Å². The molecule has 6 heteroatoms. The van der Waals surface area contributed by atoms with Gasteiger partial charge in [-0.25, -0.2) is 9.97 Å². The van der Waals surface area contributed by atoms with E-state index in [-0.39, 0.29) is 10.7 Å². The number of imidazole rings is 1. The monoisotopic (exact) mass is 224 g/mol. The van der Waals surface area contributed by atoms with E-state index < -0.39 is 0 Å². The SMILES string of the molecule is Cn1ccnc1Cn1ccnc(Cl)c1=O. The lowest BCUT2D eigenvalue weighted by Crippen LogP contribution is -2.22. The molecule has 2 aromatic rings. The second kappa shape index (κ2) is 3.86. The van der Waals surface area contributed by atoms with Crippen molar-refractivity contribution in [1.29, 1.82) is 0 Å². The number of aryl methyl sites for hydroxylation is 1. The van der Waals surface area contributed by atoms with Crippen LogP contribution in [0.2, 0.25) is 5.15 Å². The van der Waals surface area contributed by atoms with Gasteiger partial charge in [-0.15, -0.1) is 0 Å². The molecule has 0 fully saturated rings. The van der Waals surface area contributed by atoms with E-state index in [1.807, 2.05) is 17.8 Å². The molecule has 2 aromatic heterocycles. The average molecular weight is 225 g/mol. The zero-order valence-electron chi connectivity index (χ0n) is 8.09. The first kappa shape index (κ1) is 9.92. The first-order chi connectivity index (χ1) is 7.18. The zero-order chi connectivity index (χ0) is 10.8. The molecule has 0 unspecified atom stereocenters. The molecule has 0 amide bonds. The first-order valence-electron chi connectivity index (χ1n) is 4.35. The fraction of sp³-hybridized carbons (Fsp3) is 0.222. The van der Waals surface area contributed by atoms with Gasteiger partial charge < -0.3 is 9.13 Å². The minimum absolute atomic E-state index is 0.0216. The van der Waals surface area contributed by atoms with Gasteiger partial charge in [0.1, 0.15) is 5.82 Å². The standard InChI is InChI=1S/C9H9ClN4O/c1-13-4-2-11-7(13)6-14-5-3-12-8(10)9(14)15/h2-5H,6H2,1H3. The summed E-state index contributed by atoms with van der Waals surface area (Å²) in [6.45, 7) is 0.393. The number of aromatic nitrogens is 4. The highest BCUT2D eigenvalue weighted by molar-refractivity contribution is 6.29. The molecule has 0 aliphatic carbocycles. The van der Waals surface area contributed by atoms with Gasteiger partial charge in [-0.1, -0.05) is 11.6 Å². The van der Waals surface area contributed by atoms with E-state index in [2.05, 4.69) is 9.97 Å². The molecule has 0 saturated carbocycles. The fourth-order valence-electron chi connectivity index (χ4n) is 1.25. The normalized spacial score (nSPS) is 10.5. The Morgan fingerprint density at radius 3 is 2.73 bits per heavy atom. The van der Waals surface area contributed by atoms with Crippen molar-refractivity contribution >= 4 is 11.6 Å². The van der Waals surface area contributed by atoms with E-state index in [0.29, 0.717) is 6.54 Å². The van der Waals surface area contributed by atoms with Crippen LogP contribution in [0.4, 0.5) is 0 Å². The molecule has 2 rings (SSSR count). The van der Waals surface area contributed by atoms with E-state index >= 15 is 0 Å². The minimum atomic E-state index is -0.304. The molecule has 0 N–H and O–H groups in total. The number of nitrogens with zero attached hydrogens (tertiary/aromatic N) is 4. The number of hydrogen-bond donors (Lipinski definition) is 0. The smallest absolute Gasteiger partial charge is 0.288 e. The highest BCUT2D eigenvalue weighted by Gasteiger charge is 2.04. The van der Waals surface area contributed by atoms with Gasteiger partial charge in [-0.2, -0.15) is 0 Å². The number of rotatable bonds is 2. The molecule has 0 radical (unpaired) electrons. The van der Waals surface area contributed by atoms with Crippen LogP contribution in [0.25, 0.3) is 0 Å². The van der Waals surface area contributed by atoms with Crippen LogP contribution >= 0.6 is 11.6 Å². The third-order valence-corrected chi connectivity index (χ3v) is 2.36. The molecular weight excluding hydrogens is 216 g/mol. The third kappa shape index (κ3) is 1.92. The molecule has 0 saturated heterocycles. The summed E-state index contributed by atoms with van der Waals surface area (Å²) in [6.07, 6.45) is 6.59. The molecule has 0 aliphatic heterocycles. The molecule has 0 spiro atoms. The topological polar surface area (TPSA) is 52.7 Å². The summed E-state index contributed by atoms with van der Waals surface area (Å²) in [6, 6.07) is 0. The van der Waals surface area contributed by atoms with Crippen molar-refractivity contribution in [2.75, 3.05) is 0 Å². The van der Waals surface area contributed by atoms with Crippen molar-refractivity contribution in [1.82, 2.24) is 19.1 Å². The van der Waals surface area contributed by atoms with Crippen LogP contribution in [0.1, 0.15) is 5.82 Å². The maximum absolute atomic E-state index is 11.5. The van der Waals surface area contributed by atoms with Gasteiger partial charge >= 0.3 is 0 Å². The first-order valence-corrected chi connectivity index (χ1v) is 4.73.